The van der Waals surface area contributed by atoms with Gasteiger partial charge in [-0.2, -0.15) is 5.10 Å². The van der Waals surface area contributed by atoms with Gasteiger partial charge in [-0.15, -0.1) is 0 Å². The molecule has 0 spiro atoms. The van der Waals surface area contributed by atoms with E-state index in [0.717, 1.165) is 69.0 Å². The molecule has 2 aromatic rings. The van der Waals surface area contributed by atoms with Crippen molar-refractivity contribution in [3.8, 4) is 11.4 Å². The van der Waals surface area contributed by atoms with Crippen LogP contribution in [0.1, 0.15) is 63.4 Å². The van der Waals surface area contributed by atoms with Crippen molar-refractivity contribution in [3.05, 3.63) is 41.2 Å². The van der Waals surface area contributed by atoms with Crippen LogP contribution in [0.2, 0.25) is 0 Å². The lowest BCUT2D eigenvalue weighted by molar-refractivity contribution is -0.139. The Bertz CT molecular complexity index is 932. The predicted octanol–water partition coefficient (Wildman–Crippen LogP) is 4.43. The van der Waals surface area contributed by atoms with Gasteiger partial charge in [0.1, 0.15) is 11.4 Å². The molecule has 2 aliphatic rings. The highest BCUT2D eigenvalue weighted by atomic mass is 16.5. The number of para-hydroxylation sites is 2. The molecule has 0 bridgehead atoms. The Kier molecular flexibility index (Phi) is 7.19. The number of rotatable bonds is 9. The third kappa shape index (κ3) is 4.70. The number of carbonyl (C=O) groups excluding carboxylic acids is 1. The van der Waals surface area contributed by atoms with Gasteiger partial charge in [-0.25, -0.2) is 4.68 Å². The summed E-state index contributed by atoms with van der Waals surface area (Å²) in [6.07, 6.45) is 5.35. The van der Waals surface area contributed by atoms with Gasteiger partial charge in [0.25, 0.3) is 0 Å². The van der Waals surface area contributed by atoms with E-state index in [-0.39, 0.29) is 5.92 Å². The van der Waals surface area contributed by atoms with Crippen LogP contribution < -0.4 is 4.74 Å². The van der Waals surface area contributed by atoms with Crippen molar-refractivity contribution in [1.82, 2.24) is 19.6 Å². The van der Waals surface area contributed by atoms with E-state index < -0.39 is 0 Å². The van der Waals surface area contributed by atoms with Crippen LogP contribution >= 0.6 is 0 Å². The van der Waals surface area contributed by atoms with Crippen LogP contribution in [0.25, 0.3) is 5.69 Å². The third-order valence-corrected chi connectivity index (χ3v) is 6.77. The van der Waals surface area contributed by atoms with Gasteiger partial charge in [-0.05, 0) is 43.9 Å². The molecule has 0 atom stereocenters. The molecule has 0 unspecified atom stereocenters. The molecule has 1 aliphatic heterocycles. The Morgan fingerprint density at radius 1 is 1.28 bits per heavy atom. The number of fused-ring (bicyclic) bond motifs is 1. The van der Waals surface area contributed by atoms with Crippen molar-refractivity contribution in [2.24, 2.45) is 11.8 Å². The van der Waals surface area contributed by atoms with Gasteiger partial charge >= 0.3 is 0 Å². The van der Waals surface area contributed by atoms with E-state index in [1.54, 1.807) is 7.11 Å². The van der Waals surface area contributed by atoms with Crippen LogP contribution in [0.3, 0.4) is 0 Å². The van der Waals surface area contributed by atoms with Crippen LogP contribution in [-0.2, 0) is 24.3 Å². The summed E-state index contributed by atoms with van der Waals surface area (Å²) >= 11 is 0. The lowest BCUT2D eigenvalue weighted by atomic mass is 9.84. The predicted molar refractivity (Wildman–Crippen MR) is 127 cm³/mol. The maximum atomic E-state index is 13.2. The number of nitrogens with zero attached hydrogens (tertiary/aromatic N) is 4. The lowest BCUT2D eigenvalue weighted by Gasteiger charge is -2.33. The summed E-state index contributed by atoms with van der Waals surface area (Å²) in [5.41, 5.74) is 4.57. The first-order valence-electron chi connectivity index (χ1n) is 12.3. The minimum Gasteiger partial charge on any atom is -0.494 e. The number of benzene rings is 1. The van der Waals surface area contributed by atoms with E-state index in [1.807, 2.05) is 18.2 Å². The Balaban J connectivity index is 1.71. The molecule has 0 saturated heterocycles. The molecule has 6 heteroatoms. The lowest BCUT2D eigenvalue weighted by Crippen LogP contribution is -2.41. The van der Waals surface area contributed by atoms with E-state index in [9.17, 15) is 4.79 Å². The summed E-state index contributed by atoms with van der Waals surface area (Å²) in [7, 11) is 1.71. The van der Waals surface area contributed by atoms with Gasteiger partial charge in [-0.3, -0.25) is 9.69 Å². The van der Waals surface area contributed by atoms with Crippen molar-refractivity contribution in [2.75, 3.05) is 26.7 Å². The summed E-state index contributed by atoms with van der Waals surface area (Å²) in [6, 6.07) is 8.08. The Hall–Kier alpha value is -2.34. The van der Waals surface area contributed by atoms with Crippen LogP contribution in [0.4, 0.5) is 0 Å². The van der Waals surface area contributed by atoms with Crippen LogP contribution in [0.5, 0.6) is 5.75 Å². The highest BCUT2D eigenvalue weighted by molar-refractivity contribution is 5.79. The SMILES string of the molecule is CCCN1CCc2c(c(CN(CC(C)C)C(=O)C3CCC3)nn2-c2ccccc2OC)C1. The zero-order chi connectivity index (χ0) is 22.7. The molecular formula is C26H38N4O2. The van der Waals surface area contributed by atoms with Gasteiger partial charge in [-0.1, -0.05) is 39.3 Å². The largest absolute Gasteiger partial charge is 0.494 e. The molecule has 2 heterocycles. The Morgan fingerprint density at radius 3 is 2.72 bits per heavy atom. The second-order valence-corrected chi connectivity index (χ2v) is 9.72. The minimum atomic E-state index is 0.206. The first kappa shape index (κ1) is 22.8. The Labute approximate surface area is 192 Å². The highest BCUT2D eigenvalue weighted by Crippen LogP contribution is 2.32. The topological polar surface area (TPSA) is 50.6 Å². The maximum absolute atomic E-state index is 13.2. The van der Waals surface area contributed by atoms with Gasteiger partial charge in [0.05, 0.1) is 25.0 Å². The summed E-state index contributed by atoms with van der Waals surface area (Å²) in [5, 5.41) is 5.11. The molecule has 1 aromatic heterocycles. The zero-order valence-electron chi connectivity index (χ0n) is 20.1. The van der Waals surface area contributed by atoms with E-state index in [1.165, 1.54) is 17.7 Å². The second-order valence-electron chi connectivity index (χ2n) is 9.72. The first-order valence-corrected chi connectivity index (χ1v) is 12.3. The number of ether oxygens (including phenoxy) is 1. The van der Waals surface area contributed by atoms with Crippen molar-refractivity contribution >= 4 is 5.91 Å². The number of methoxy groups -OCH3 is 1. The maximum Gasteiger partial charge on any atom is 0.226 e. The molecule has 0 N–H and O–H groups in total. The fourth-order valence-electron chi connectivity index (χ4n) is 4.95. The molecule has 4 rings (SSSR count). The number of hydrogen-bond donors (Lipinski definition) is 0. The van der Waals surface area contributed by atoms with Gasteiger partial charge < -0.3 is 9.64 Å². The molecule has 174 valence electrons. The van der Waals surface area contributed by atoms with Gasteiger partial charge in [0.2, 0.25) is 5.91 Å². The summed E-state index contributed by atoms with van der Waals surface area (Å²) < 4.78 is 7.73. The molecule has 1 aromatic carbocycles. The van der Waals surface area contributed by atoms with Crippen molar-refractivity contribution in [1.29, 1.82) is 0 Å². The van der Waals surface area contributed by atoms with E-state index in [4.69, 9.17) is 9.84 Å². The fraction of sp³-hybridized carbons (Fsp3) is 0.615. The standard InChI is InChI=1S/C26H38N4O2/c1-5-14-28-15-13-23-21(17-28)22(27-30(23)24-11-6-7-12-25(24)32-4)18-29(16-19(2)3)26(31)20-9-8-10-20/h6-7,11-12,19-20H,5,8-10,13-18H2,1-4H3. The molecule has 32 heavy (non-hydrogen) atoms. The van der Waals surface area contributed by atoms with Crippen molar-refractivity contribution in [3.63, 3.8) is 0 Å². The minimum absolute atomic E-state index is 0.206. The van der Waals surface area contributed by atoms with Crippen LogP contribution in [-0.4, -0.2) is 52.2 Å². The normalized spacial score (nSPS) is 16.7. The molecular weight excluding hydrogens is 400 g/mol. The summed E-state index contributed by atoms with van der Waals surface area (Å²) in [4.78, 5) is 17.8. The smallest absolute Gasteiger partial charge is 0.226 e. The molecule has 1 fully saturated rings. The van der Waals surface area contributed by atoms with E-state index in [0.29, 0.717) is 18.4 Å². The number of carbonyl (C=O) groups is 1. The zero-order valence-corrected chi connectivity index (χ0v) is 20.1. The Morgan fingerprint density at radius 2 is 2.06 bits per heavy atom. The van der Waals surface area contributed by atoms with Crippen LogP contribution in [0, 0.1) is 11.8 Å². The molecule has 6 nitrogen and oxygen atoms in total. The molecule has 0 radical (unpaired) electrons. The average Bonchev–Trinajstić information content (AvgIpc) is 3.09. The van der Waals surface area contributed by atoms with Gasteiger partial charge in [0.15, 0.2) is 0 Å². The quantitative estimate of drug-likeness (QED) is 0.581. The van der Waals surface area contributed by atoms with Crippen LogP contribution in [0.15, 0.2) is 24.3 Å². The first-order chi connectivity index (χ1) is 15.5. The van der Waals surface area contributed by atoms with E-state index in [2.05, 4.69) is 41.3 Å². The fourth-order valence-corrected chi connectivity index (χ4v) is 4.95. The highest BCUT2D eigenvalue weighted by Gasteiger charge is 2.32. The summed E-state index contributed by atoms with van der Waals surface area (Å²) in [6.45, 7) is 11.0. The monoisotopic (exact) mass is 438 g/mol. The van der Waals surface area contributed by atoms with Crippen molar-refractivity contribution in [2.45, 2.75) is 66.0 Å². The molecule has 1 amide bonds. The average molecular weight is 439 g/mol. The third-order valence-electron chi connectivity index (χ3n) is 6.77. The van der Waals surface area contributed by atoms with E-state index >= 15 is 0 Å². The second kappa shape index (κ2) is 10.1. The molecule has 1 aliphatic carbocycles. The number of amides is 1. The molecule has 1 saturated carbocycles. The van der Waals surface area contributed by atoms with Crippen molar-refractivity contribution < 1.29 is 9.53 Å². The summed E-state index contributed by atoms with van der Waals surface area (Å²) in [5.74, 6) is 1.77. The number of aromatic nitrogens is 2. The number of hydrogen-bond acceptors (Lipinski definition) is 4. The van der Waals surface area contributed by atoms with Gasteiger partial charge in [0, 0.05) is 37.5 Å².